The number of halogens is 2. The van der Waals surface area contributed by atoms with E-state index in [4.69, 9.17) is 23.2 Å². The molecule has 0 amide bonds. The molecule has 0 aliphatic heterocycles. The molecule has 1 aromatic carbocycles. The van der Waals surface area contributed by atoms with Gasteiger partial charge in [-0.15, -0.1) is 0 Å². The molecule has 0 saturated heterocycles. The summed E-state index contributed by atoms with van der Waals surface area (Å²) in [6.45, 7) is 4.04. The van der Waals surface area contributed by atoms with Gasteiger partial charge in [0, 0.05) is 28.2 Å². The highest BCUT2D eigenvalue weighted by molar-refractivity contribution is 6.36. The molecule has 0 bridgehead atoms. The van der Waals surface area contributed by atoms with E-state index in [-0.39, 0.29) is 0 Å². The van der Waals surface area contributed by atoms with E-state index in [0.29, 0.717) is 21.2 Å². The fourth-order valence-corrected chi connectivity index (χ4v) is 3.36. The lowest BCUT2D eigenvalue weighted by molar-refractivity contribution is 0.954. The number of nitrogens with zero attached hydrogens (tertiary/aromatic N) is 3. The van der Waals surface area contributed by atoms with Crippen molar-refractivity contribution >= 4 is 34.9 Å². The van der Waals surface area contributed by atoms with Gasteiger partial charge in [-0.3, -0.25) is 4.98 Å². The summed E-state index contributed by atoms with van der Waals surface area (Å²) in [6, 6.07) is 13.3. The summed E-state index contributed by atoms with van der Waals surface area (Å²) in [6.07, 6.45) is 5.41. The second-order valence-electron chi connectivity index (χ2n) is 5.67. The maximum Gasteiger partial charge on any atom is 0.0998 e. The predicted octanol–water partition coefficient (Wildman–Crippen LogP) is 5.86. The van der Waals surface area contributed by atoms with E-state index >= 15 is 0 Å². The lowest BCUT2D eigenvalue weighted by atomic mass is 10.0. The average Bonchev–Trinajstić information content (AvgIpc) is 2.87. The Balaban J connectivity index is 2.11. The molecule has 0 fully saturated rings. The average molecular weight is 368 g/mol. The van der Waals surface area contributed by atoms with E-state index in [1.54, 1.807) is 24.4 Å². The van der Waals surface area contributed by atoms with Crippen molar-refractivity contribution in [3.63, 3.8) is 0 Å². The lowest BCUT2D eigenvalue weighted by Crippen LogP contribution is -1.99. The highest BCUT2D eigenvalue weighted by Crippen LogP contribution is 2.30. The standard InChI is InChI=1S/C20H15Cl2N3/c1-13-8-15(14(2)25(13)18-4-3-7-24-12-18)9-16(11-23)19-6-5-17(21)10-20(19)22/h3-10,12H,1-2H3/b16-9-. The number of nitriles is 1. The summed E-state index contributed by atoms with van der Waals surface area (Å²) in [5.74, 6) is 0. The van der Waals surface area contributed by atoms with Gasteiger partial charge in [0.1, 0.15) is 0 Å². The van der Waals surface area contributed by atoms with Crippen molar-refractivity contribution in [1.82, 2.24) is 9.55 Å². The van der Waals surface area contributed by atoms with Crippen LogP contribution in [0.15, 0.2) is 48.8 Å². The summed E-state index contributed by atoms with van der Waals surface area (Å²) >= 11 is 12.2. The molecule has 0 saturated carbocycles. The van der Waals surface area contributed by atoms with Gasteiger partial charge in [0.15, 0.2) is 0 Å². The van der Waals surface area contributed by atoms with Crippen LogP contribution >= 0.6 is 23.2 Å². The molecular weight excluding hydrogens is 353 g/mol. The van der Waals surface area contributed by atoms with Gasteiger partial charge in [0.25, 0.3) is 0 Å². The van der Waals surface area contributed by atoms with Crippen molar-refractivity contribution < 1.29 is 0 Å². The SMILES string of the molecule is Cc1cc(/C=C(/C#N)c2ccc(Cl)cc2Cl)c(C)n1-c1cccnc1. The van der Waals surface area contributed by atoms with E-state index in [1.165, 1.54) is 0 Å². The number of hydrogen-bond acceptors (Lipinski definition) is 2. The van der Waals surface area contributed by atoms with Crippen LogP contribution < -0.4 is 0 Å². The number of allylic oxidation sites excluding steroid dienone is 1. The largest absolute Gasteiger partial charge is 0.316 e. The molecule has 2 aromatic heterocycles. The van der Waals surface area contributed by atoms with E-state index in [9.17, 15) is 5.26 Å². The fourth-order valence-electron chi connectivity index (χ4n) is 2.85. The first-order valence-corrected chi connectivity index (χ1v) is 8.43. The zero-order valence-corrected chi connectivity index (χ0v) is 15.3. The number of pyridine rings is 1. The van der Waals surface area contributed by atoms with Crippen LogP contribution in [0.3, 0.4) is 0 Å². The topological polar surface area (TPSA) is 41.6 Å². The van der Waals surface area contributed by atoms with Crippen molar-refractivity contribution in [2.75, 3.05) is 0 Å². The number of hydrogen-bond donors (Lipinski definition) is 0. The zero-order valence-electron chi connectivity index (χ0n) is 13.8. The number of aromatic nitrogens is 2. The Hall–Kier alpha value is -2.54. The van der Waals surface area contributed by atoms with Crippen LogP contribution in [0.1, 0.15) is 22.5 Å². The summed E-state index contributed by atoms with van der Waals surface area (Å²) in [7, 11) is 0. The van der Waals surface area contributed by atoms with Crippen molar-refractivity contribution in [3.8, 4) is 11.8 Å². The summed E-state index contributed by atoms with van der Waals surface area (Å²) < 4.78 is 2.11. The smallest absolute Gasteiger partial charge is 0.0998 e. The van der Waals surface area contributed by atoms with E-state index in [1.807, 2.05) is 44.3 Å². The van der Waals surface area contributed by atoms with Gasteiger partial charge in [-0.05, 0) is 55.8 Å². The molecule has 0 aliphatic rings. The van der Waals surface area contributed by atoms with Gasteiger partial charge in [-0.2, -0.15) is 5.26 Å². The molecule has 0 aliphatic carbocycles. The molecule has 0 atom stereocenters. The Bertz CT molecular complexity index is 996. The predicted molar refractivity (Wildman–Crippen MR) is 103 cm³/mol. The normalized spacial score (nSPS) is 11.4. The monoisotopic (exact) mass is 367 g/mol. The van der Waals surface area contributed by atoms with Crippen molar-refractivity contribution in [2.45, 2.75) is 13.8 Å². The molecule has 0 spiro atoms. The minimum Gasteiger partial charge on any atom is -0.316 e. The second kappa shape index (κ2) is 7.14. The van der Waals surface area contributed by atoms with Gasteiger partial charge in [0.05, 0.1) is 28.5 Å². The Morgan fingerprint density at radius 2 is 2.00 bits per heavy atom. The van der Waals surface area contributed by atoms with E-state index in [0.717, 1.165) is 22.6 Å². The number of rotatable bonds is 3. The zero-order chi connectivity index (χ0) is 18.0. The molecule has 0 radical (unpaired) electrons. The lowest BCUT2D eigenvalue weighted by Gasteiger charge is -2.08. The molecule has 3 aromatic rings. The van der Waals surface area contributed by atoms with Crippen LogP contribution in [-0.2, 0) is 0 Å². The highest BCUT2D eigenvalue weighted by Gasteiger charge is 2.12. The Kier molecular flexibility index (Phi) is 4.94. The Morgan fingerprint density at radius 3 is 2.64 bits per heavy atom. The van der Waals surface area contributed by atoms with Crippen LogP contribution in [0.2, 0.25) is 10.0 Å². The number of benzene rings is 1. The van der Waals surface area contributed by atoms with Gasteiger partial charge in [-0.25, -0.2) is 0 Å². The third kappa shape index (κ3) is 3.46. The molecule has 0 N–H and O–H groups in total. The Morgan fingerprint density at radius 1 is 1.20 bits per heavy atom. The Labute approximate surface area is 156 Å². The van der Waals surface area contributed by atoms with Crippen LogP contribution in [0.5, 0.6) is 0 Å². The van der Waals surface area contributed by atoms with Crippen LogP contribution in [0, 0.1) is 25.2 Å². The van der Waals surface area contributed by atoms with Crippen LogP contribution in [0.4, 0.5) is 0 Å². The summed E-state index contributed by atoms with van der Waals surface area (Å²) in [5.41, 5.74) is 5.21. The maximum absolute atomic E-state index is 9.59. The molecule has 5 heteroatoms. The first-order valence-electron chi connectivity index (χ1n) is 7.68. The van der Waals surface area contributed by atoms with Crippen molar-refractivity contribution in [3.05, 3.63) is 81.4 Å². The molecule has 0 unspecified atom stereocenters. The quantitative estimate of drug-likeness (QED) is 0.544. The van der Waals surface area contributed by atoms with E-state index in [2.05, 4.69) is 15.6 Å². The van der Waals surface area contributed by atoms with Gasteiger partial charge in [0.2, 0.25) is 0 Å². The van der Waals surface area contributed by atoms with Gasteiger partial charge in [-0.1, -0.05) is 29.3 Å². The van der Waals surface area contributed by atoms with Crippen molar-refractivity contribution in [2.24, 2.45) is 0 Å². The molecule has 25 heavy (non-hydrogen) atoms. The van der Waals surface area contributed by atoms with Gasteiger partial charge < -0.3 is 4.57 Å². The molecule has 3 nitrogen and oxygen atoms in total. The van der Waals surface area contributed by atoms with Gasteiger partial charge >= 0.3 is 0 Å². The molecular formula is C20H15Cl2N3. The third-order valence-corrected chi connectivity index (χ3v) is 4.56. The molecule has 124 valence electrons. The van der Waals surface area contributed by atoms with Crippen LogP contribution in [0.25, 0.3) is 17.3 Å². The summed E-state index contributed by atoms with van der Waals surface area (Å²) in [4.78, 5) is 4.18. The van der Waals surface area contributed by atoms with Crippen LogP contribution in [-0.4, -0.2) is 9.55 Å². The minimum absolute atomic E-state index is 0.460. The third-order valence-electron chi connectivity index (χ3n) is 4.02. The fraction of sp³-hybridized carbons (Fsp3) is 0.100. The minimum atomic E-state index is 0.460. The maximum atomic E-state index is 9.59. The first-order chi connectivity index (χ1) is 12.0. The van der Waals surface area contributed by atoms with E-state index < -0.39 is 0 Å². The molecule has 2 heterocycles. The molecule has 3 rings (SSSR count). The number of aryl methyl sites for hydroxylation is 1. The summed E-state index contributed by atoms with van der Waals surface area (Å²) in [5, 5.41) is 10.6. The van der Waals surface area contributed by atoms with Crippen molar-refractivity contribution in [1.29, 1.82) is 5.26 Å². The highest BCUT2D eigenvalue weighted by atomic mass is 35.5. The second-order valence-corrected chi connectivity index (χ2v) is 6.51. The first kappa shape index (κ1) is 17.3.